The smallest absolute Gasteiger partial charge is 0.143 e. The van der Waals surface area contributed by atoms with E-state index >= 15 is 0 Å². The van der Waals surface area contributed by atoms with Gasteiger partial charge in [0.25, 0.3) is 0 Å². The lowest BCUT2D eigenvalue weighted by molar-refractivity contribution is 0.0148. The van der Waals surface area contributed by atoms with E-state index in [-0.39, 0.29) is 5.92 Å². The Morgan fingerprint density at radius 1 is 0.891 bits per heavy atom. The van der Waals surface area contributed by atoms with Gasteiger partial charge in [0.15, 0.2) is 0 Å². The zero-order valence-electron chi connectivity index (χ0n) is 33.4. The number of aromatic nitrogens is 1. The summed E-state index contributed by atoms with van der Waals surface area (Å²) in [5.74, 6) is 7.83. The van der Waals surface area contributed by atoms with Gasteiger partial charge in [0, 0.05) is 63.5 Å². The van der Waals surface area contributed by atoms with Crippen LogP contribution in [0.2, 0.25) is 0 Å². The van der Waals surface area contributed by atoms with Gasteiger partial charge in [-0.15, -0.1) is 11.8 Å². The number of ether oxygens (including phenoxy) is 4. The maximum atomic E-state index is 5.92. The normalized spacial score (nSPS) is 16.3. The van der Waals surface area contributed by atoms with Crippen LogP contribution in [-0.2, 0) is 20.8 Å². The van der Waals surface area contributed by atoms with Gasteiger partial charge < -0.3 is 50.2 Å². The van der Waals surface area contributed by atoms with Gasteiger partial charge in [0.1, 0.15) is 5.75 Å². The third kappa shape index (κ3) is 13.4. The largest absolute Gasteiger partial charge is 0.495 e. The number of rotatable bonds is 23. The molecule has 1 aliphatic carbocycles. The summed E-state index contributed by atoms with van der Waals surface area (Å²) in [4.78, 5) is 7.15. The quantitative estimate of drug-likeness (QED) is 0.0222. The van der Waals surface area contributed by atoms with E-state index in [1.54, 1.807) is 30.1 Å². The molecule has 1 heterocycles. The lowest BCUT2D eigenvalue weighted by Gasteiger charge is -2.33. The highest BCUT2D eigenvalue weighted by atomic mass is 32.2. The van der Waals surface area contributed by atoms with Gasteiger partial charge in [-0.1, -0.05) is 44.2 Å². The van der Waals surface area contributed by atoms with Crippen LogP contribution < -0.4 is 26.9 Å². The fourth-order valence-electron chi connectivity index (χ4n) is 6.64. The number of H-pyrrole nitrogens is 1. The van der Waals surface area contributed by atoms with Crippen LogP contribution in [-0.4, -0.2) is 100 Å². The predicted molar refractivity (Wildman–Crippen MR) is 229 cm³/mol. The number of fused-ring (bicyclic) bond motifs is 1. The Hall–Kier alpha value is -3.91. The highest BCUT2D eigenvalue weighted by molar-refractivity contribution is 7.99. The number of hydrogen-bond donors (Lipinski definition) is 5. The molecule has 7 N–H and O–H groups in total. The second kappa shape index (κ2) is 22.0. The van der Waals surface area contributed by atoms with Crippen LogP contribution in [0.3, 0.4) is 0 Å². The van der Waals surface area contributed by atoms with Gasteiger partial charge in [0.05, 0.1) is 59.0 Å². The minimum Gasteiger partial charge on any atom is -0.495 e. The van der Waals surface area contributed by atoms with E-state index in [0.717, 1.165) is 39.0 Å². The Kier molecular flexibility index (Phi) is 16.9. The summed E-state index contributed by atoms with van der Waals surface area (Å²) in [6.45, 7) is 8.57. The van der Waals surface area contributed by atoms with Crippen LogP contribution in [0.1, 0.15) is 45.1 Å². The molecule has 55 heavy (non-hydrogen) atoms. The lowest BCUT2D eigenvalue weighted by Crippen LogP contribution is -2.36. The first-order valence-electron chi connectivity index (χ1n) is 19.6. The molecule has 1 saturated carbocycles. The van der Waals surface area contributed by atoms with Crippen molar-refractivity contribution in [2.75, 3.05) is 83.8 Å². The summed E-state index contributed by atoms with van der Waals surface area (Å²) in [5.41, 5.74) is 13.5. The first kappa shape index (κ1) is 42.2. The van der Waals surface area contributed by atoms with E-state index in [2.05, 4.69) is 101 Å². The second-order valence-corrected chi connectivity index (χ2v) is 15.9. The molecule has 0 atom stereocenters. The van der Waals surface area contributed by atoms with Gasteiger partial charge in [-0.3, -0.25) is 0 Å². The van der Waals surface area contributed by atoms with Crippen molar-refractivity contribution in [3.05, 3.63) is 84.2 Å². The molecular weight excluding hydrogens is 711 g/mol. The molecule has 300 valence electrons. The molecule has 12 heteroatoms. The van der Waals surface area contributed by atoms with Crippen molar-refractivity contribution in [1.82, 2.24) is 14.9 Å². The molecule has 0 saturated heterocycles. The van der Waals surface area contributed by atoms with E-state index in [1.165, 1.54) is 47.9 Å². The summed E-state index contributed by atoms with van der Waals surface area (Å²) >= 11 is 1.74. The second-order valence-electron chi connectivity index (χ2n) is 14.7. The van der Waals surface area contributed by atoms with Crippen molar-refractivity contribution in [3.8, 4) is 17.0 Å². The summed E-state index contributed by atoms with van der Waals surface area (Å²) in [5, 5.41) is 10.2. The van der Waals surface area contributed by atoms with Crippen molar-refractivity contribution < 1.29 is 18.9 Å². The van der Waals surface area contributed by atoms with E-state index < -0.39 is 0 Å². The first-order chi connectivity index (χ1) is 26.7. The van der Waals surface area contributed by atoms with E-state index in [1.807, 2.05) is 13.8 Å². The molecule has 11 nitrogen and oxygen atoms in total. The number of nitrogens with zero attached hydrogens (tertiary/aromatic N) is 2. The van der Waals surface area contributed by atoms with E-state index in [9.17, 15) is 0 Å². The number of methoxy groups -OCH3 is 1. The molecule has 3 aromatic carbocycles. The number of nitrogens with two attached hydrogens (primary N) is 2. The van der Waals surface area contributed by atoms with Crippen molar-refractivity contribution in [1.29, 1.82) is 0 Å². The van der Waals surface area contributed by atoms with Crippen LogP contribution in [0.5, 0.6) is 5.75 Å². The molecule has 0 bridgehead atoms. The standard InChI is InChI=1S/C43H63N7O4S/c1-31(2)38(44)30-50(45)19-20-52-21-22-53-23-24-54-25-26-55-36-17-18-41(43(27-36)51-5)46-29-32-9-11-33(12-10-32)42-28-37-39(7-6-8-40(37)48-42)47-34-13-15-35(16-14-34)49(3)4/h6-12,17-18,27-28,30-31,34-35,46-48H,13-16,19-26,29,44-45H2,1-5H3/b38-30-. The van der Waals surface area contributed by atoms with Gasteiger partial charge in [-0.25, -0.2) is 5.84 Å². The molecule has 5 rings (SSSR count). The summed E-state index contributed by atoms with van der Waals surface area (Å²) < 4.78 is 22.7. The first-order valence-corrected chi connectivity index (χ1v) is 20.6. The fourth-order valence-corrected chi connectivity index (χ4v) is 7.43. The molecule has 0 amide bonds. The third-order valence-electron chi connectivity index (χ3n) is 10.1. The Labute approximate surface area is 332 Å². The number of hydrogen-bond acceptors (Lipinski definition) is 11. The van der Waals surface area contributed by atoms with Crippen LogP contribution in [0.25, 0.3) is 22.2 Å². The van der Waals surface area contributed by atoms with Crippen LogP contribution in [0, 0.1) is 5.92 Å². The lowest BCUT2D eigenvalue weighted by atomic mass is 9.90. The zero-order valence-corrected chi connectivity index (χ0v) is 34.3. The van der Waals surface area contributed by atoms with Gasteiger partial charge in [-0.05, 0) is 93.2 Å². The number of benzene rings is 3. The van der Waals surface area contributed by atoms with Crippen LogP contribution in [0.15, 0.2) is 83.5 Å². The van der Waals surface area contributed by atoms with Crippen LogP contribution >= 0.6 is 11.8 Å². The predicted octanol–water partition coefficient (Wildman–Crippen LogP) is 7.51. The third-order valence-corrected chi connectivity index (χ3v) is 11.0. The van der Waals surface area contributed by atoms with Gasteiger partial charge in [0.2, 0.25) is 0 Å². The summed E-state index contributed by atoms with van der Waals surface area (Å²) in [6, 6.07) is 25.1. The van der Waals surface area contributed by atoms with Crippen molar-refractivity contribution in [2.24, 2.45) is 17.5 Å². The fraction of sp³-hybridized carbons (Fsp3) is 0.488. The molecule has 0 aliphatic heterocycles. The summed E-state index contributed by atoms with van der Waals surface area (Å²) in [6.07, 6.45) is 6.65. The highest BCUT2D eigenvalue weighted by Gasteiger charge is 2.23. The number of anilines is 2. The molecule has 1 aromatic heterocycles. The van der Waals surface area contributed by atoms with Gasteiger partial charge >= 0.3 is 0 Å². The summed E-state index contributed by atoms with van der Waals surface area (Å²) in [7, 11) is 6.10. The number of aromatic amines is 1. The Morgan fingerprint density at radius 3 is 2.29 bits per heavy atom. The Balaban J connectivity index is 0.984. The minimum absolute atomic E-state index is 0.263. The topological polar surface area (TPSA) is 135 Å². The molecule has 1 aliphatic rings. The molecule has 0 spiro atoms. The molecular formula is C43H63N7O4S. The number of nitrogens with one attached hydrogen (secondary N) is 3. The van der Waals surface area contributed by atoms with Crippen LogP contribution in [0.4, 0.5) is 11.4 Å². The Bertz CT molecular complexity index is 1760. The number of hydrazine groups is 1. The van der Waals surface area contributed by atoms with Crippen molar-refractivity contribution >= 4 is 34.0 Å². The highest BCUT2D eigenvalue weighted by Crippen LogP contribution is 2.33. The van der Waals surface area contributed by atoms with E-state index in [4.69, 9.17) is 30.5 Å². The monoisotopic (exact) mass is 773 g/mol. The van der Waals surface area contributed by atoms with Crippen molar-refractivity contribution in [3.63, 3.8) is 0 Å². The average Bonchev–Trinajstić information content (AvgIpc) is 3.63. The Morgan fingerprint density at radius 2 is 1.60 bits per heavy atom. The number of thioether (sulfide) groups is 1. The minimum atomic E-state index is 0.263. The molecule has 1 fully saturated rings. The molecule has 0 unspecified atom stereocenters. The maximum Gasteiger partial charge on any atom is 0.143 e. The SMILES string of the molecule is COc1cc(SCCOCCOCCOCCN(N)/C=C(\N)C(C)C)ccc1NCc1ccc(-c2cc3c(NC4CCC(N(C)C)CC4)cccc3[nH]2)cc1. The average molecular weight is 774 g/mol. The van der Waals surface area contributed by atoms with Crippen molar-refractivity contribution in [2.45, 2.75) is 63.1 Å². The molecule has 4 aromatic rings. The zero-order chi connectivity index (χ0) is 39.0. The number of allylic oxidation sites excluding steroid dienone is 1. The maximum absolute atomic E-state index is 5.92. The van der Waals surface area contributed by atoms with E-state index in [0.29, 0.717) is 64.8 Å². The molecule has 0 radical (unpaired) electrons. The van der Waals surface area contributed by atoms with Gasteiger partial charge in [-0.2, -0.15) is 0 Å².